The topological polar surface area (TPSA) is 106 Å². The molecule has 0 aliphatic rings. The third-order valence-corrected chi connectivity index (χ3v) is 7.59. The summed E-state index contributed by atoms with van der Waals surface area (Å²) in [6.07, 6.45) is 1.20. The van der Waals surface area contributed by atoms with E-state index in [-0.39, 0.29) is 13.2 Å². The Morgan fingerprint density at radius 1 is 1.08 bits per heavy atom. The standard InChI is InChI=1S/C29H31Cl2N3O5/c1-6-38-29(37)28-20(8-7-11-39-19-12-15(2)26(31)16(3)13-19)21-9-10-22(30)25(27(21)32-28)24-17(4)33-34(18(24)5)14-23(35)36/h9-10,12-13,32H,6-8,11,14H2,1-5H3,(H,35,36). The van der Waals surface area contributed by atoms with Crippen molar-refractivity contribution in [2.75, 3.05) is 13.2 Å². The number of ether oxygens (including phenoxy) is 2. The highest BCUT2D eigenvalue weighted by atomic mass is 35.5. The lowest BCUT2D eigenvalue weighted by Gasteiger charge is -2.11. The zero-order chi connectivity index (χ0) is 28.4. The number of nitrogens with one attached hydrogen (secondary N) is 1. The van der Waals surface area contributed by atoms with Crippen LogP contribution < -0.4 is 4.74 Å². The molecule has 0 radical (unpaired) electrons. The van der Waals surface area contributed by atoms with Crippen LogP contribution in [0.5, 0.6) is 5.75 Å². The second kappa shape index (κ2) is 11.7. The molecule has 0 fully saturated rings. The van der Waals surface area contributed by atoms with Gasteiger partial charge >= 0.3 is 11.9 Å². The number of hydrogen-bond acceptors (Lipinski definition) is 5. The number of aromatic amines is 1. The molecule has 0 bridgehead atoms. The van der Waals surface area contributed by atoms with Crippen LogP contribution in [0.1, 0.15) is 51.9 Å². The van der Waals surface area contributed by atoms with Gasteiger partial charge in [0.15, 0.2) is 0 Å². The number of esters is 1. The van der Waals surface area contributed by atoms with Crippen LogP contribution in [0, 0.1) is 27.7 Å². The Balaban J connectivity index is 1.72. The van der Waals surface area contributed by atoms with Crippen LogP contribution >= 0.6 is 23.2 Å². The van der Waals surface area contributed by atoms with Crippen molar-refractivity contribution >= 4 is 46.0 Å². The molecule has 2 aromatic carbocycles. The van der Waals surface area contributed by atoms with Gasteiger partial charge in [0, 0.05) is 27.2 Å². The van der Waals surface area contributed by atoms with Crippen molar-refractivity contribution in [3.63, 3.8) is 0 Å². The number of aryl methyl sites for hydroxylation is 4. The molecule has 2 N–H and O–H groups in total. The molecule has 0 aliphatic carbocycles. The van der Waals surface area contributed by atoms with Crippen molar-refractivity contribution in [1.82, 2.24) is 14.8 Å². The van der Waals surface area contributed by atoms with E-state index in [1.54, 1.807) is 19.9 Å². The van der Waals surface area contributed by atoms with E-state index in [9.17, 15) is 14.7 Å². The largest absolute Gasteiger partial charge is 0.494 e. The maximum atomic E-state index is 13.0. The number of benzene rings is 2. The summed E-state index contributed by atoms with van der Waals surface area (Å²) in [7, 11) is 0. The fraction of sp³-hybridized carbons (Fsp3) is 0.345. The highest BCUT2D eigenvalue weighted by Crippen LogP contribution is 2.40. The molecule has 0 spiro atoms. The molecule has 0 atom stereocenters. The second-order valence-electron chi connectivity index (χ2n) is 9.46. The Kier molecular flexibility index (Phi) is 8.57. The number of nitrogens with zero attached hydrogens (tertiary/aromatic N) is 2. The van der Waals surface area contributed by atoms with Crippen molar-refractivity contribution in [2.24, 2.45) is 0 Å². The number of carbonyl (C=O) groups excluding carboxylic acids is 1. The van der Waals surface area contributed by atoms with Crippen molar-refractivity contribution in [3.8, 4) is 16.9 Å². The molecule has 8 nitrogen and oxygen atoms in total. The predicted molar refractivity (Wildman–Crippen MR) is 152 cm³/mol. The summed E-state index contributed by atoms with van der Waals surface area (Å²) in [6, 6.07) is 7.49. The van der Waals surface area contributed by atoms with Gasteiger partial charge in [0.2, 0.25) is 0 Å². The van der Waals surface area contributed by atoms with Gasteiger partial charge in [-0.15, -0.1) is 0 Å². The van der Waals surface area contributed by atoms with Crippen LogP contribution in [0.25, 0.3) is 22.0 Å². The number of carbonyl (C=O) groups is 2. The lowest BCUT2D eigenvalue weighted by atomic mass is 9.98. The third kappa shape index (κ3) is 5.77. The fourth-order valence-corrected chi connectivity index (χ4v) is 5.31. The molecule has 0 saturated heterocycles. The summed E-state index contributed by atoms with van der Waals surface area (Å²) >= 11 is 13.0. The van der Waals surface area contributed by atoms with E-state index in [1.165, 1.54) is 4.68 Å². The van der Waals surface area contributed by atoms with Gasteiger partial charge in [0.1, 0.15) is 18.0 Å². The number of aliphatic carboxylic acids is 1. The average Bonchev–Trinajstić information content (AvgIpc) is 3.37. The number of rotatable bonds is 10. The van der Waals surface area contributed by atoms with E-state index in [4.69, 9.17) is 32.7 Å². The molecule has 2 aromatic heterocycles. The summed E-state index contributed by atoms with van der Waals surface area (Å²) in [4.78, 5) is 27.6. The van der Waals surface area contributed by atoms with Crippen molar-refractivity contribution in [2.45, 2.75) is 54.0 Å². The maximum absolute atomic E-state index is 13.0. The first-order valence-corrected chi connectivity index (χ1v) is 13.4. The molecular weight excluding hydrogens is 541 g/mol. The van der Waals surface area contributed by atoms with Gasteiger partial charge < -0.3 is 19.6 Å². The van der Waals surface area contributed by atoms with Crippen molar-refractivity contribution in [3.05, 3.63) is 68.1 Å². The number of H-pyrrole nitrogens is 1. The molecular formula is C29H31Cl2N3O5. The number of aromatic nitrogens is 3. The summed E-state index contributed by atoms with van der Waals surface area (Å²) in [6.45, 7) is 9.67. The number of halogens is 2. The van der Waals surface area contributed by atoms with Gasteiger partial charge in [-0.25, -0.2) is 4.79 Å². The minimum atomic E-state index is -0.991. The van der Waals surface area contributed by atoms with Crippen LogP contribution in [-0.4, -0.2) is 45.0 Å². The molecule has 206 valence electrons. The highest BCUT2D eigenvalue weighted by Gasteiger charge is 2.25. The van der Waals surface area contributed by atoms with E-state index in [0.717, 1.165) is 38.4 Å². The first-order chi connectivity index (χ1) is 18.5. The number of hydrogen-bond donors (Lipinski definition) is 2. The van der Waals surface area contributed by atoms with E-state index in [1.807, 2.05) is 39.0 Å². The quantitative estimate of drug-likeness (QED) is 0.159. The van der Waals surface area contributed by atoms with Crippen LogP contribution in [0.2, 0.25) is 10.0 Å². The van der Waals surface area contributed by atoms with Crippen LogP contribution in [-0.2, 0) is 22.5 Å². The SMILES string of the molecule is CCOC(=O)c1[nH]c2c(-c3c(C)nn(CC(=O)O)c3C)c(Cl)ccc2c1CCCOc1cc(C)c(Cl)c(C)c1. The molecule has 10 heteroatoms. The normalized spacial score (nSPS) is 11.3. The first-order valence-electron chi connectivity index (χ1n) is 12.7. The fourth-order valence-electron chi connectivity index (χ4n) is 4.94. The molecule has 39 heavy (non-hydrogen) atoms. The second-order valence-corrected chi connectivity index (χ2v) is 10.2. The average molecular weight is 572 g/mol. The Morgan fingerprint density at radius 2 is 1.77 bits per heavy atom. The molecule has 0 amide bonds. The first kappa shape index (κ1) is 28.5. The van der Waals surface area contributed by atoms with Gasteiger partial charge in [-0.1, -0.05) is 29.3 Å². The number of carboxylic acids is 1. The summed E-state index contributed by atoms with van der Waals surface area (Å²) in [5.74, 6) is -0.697. The predicted octanol–water partition coefficient (Wildman–Crippen LogP) is 6.84. The Bertz CT molecular complexity index is 1550. The Labute approximate surface area is 236 Å². The van der Waals surface area contributed by atoms with Crippen LogP contribution in [0.3, 0.4) is 0 Å². The van der Waals surface area contributed by atoms with Crippen molar-refractivity contribution < 1.29 is 24.2 Å². The lowest BCUT2D eigenvalue weighted by molar-refractivity contribution is -0.137. The minimum Gasteiger partial charge on any atom is -0.494 e. The molecule has 2 heterocycles. The Morgan fingerprint density at radius 3 is 2.41 bits per heavy atom. The third-order valence-electron chi connectivity index (χ3n) is 6.68. The summed E-state index contributed by atoms with van der Waals surface area (Å²) in [5.41, 5.74) is 6.45. The molecule has 0 unspecified atom stereocenters. The monoisotopic (exact) mass is 571 g/mol. The van der Waals surface area contributed by atoms with Gasteiger partial charge in [-0.05, 0) is 82.3 Å². The van der Waals surface area contributed by atoms with Gasteiger partial charge in [-0.3, -0.25) is 9.48 Å². The lowest BCUT2D eigenvalue weighted by Crippen LogP contribution is -2.11. The van der Waals surface area contributed by atoms with Gasteiger partial charge in [0.25, 0.3) is 0 Å². The summed E-state index contributed by atoms with van der Waals surface area (Å²) < 4.78 is 12.8. The highest BCUT2D eigenvalue weighted by molar-refractivity contribution is 6.35. The molecule has 0 aliphatic heterocycles. The van der Waals surface area contributed by atoms with E-state index < -0.39 is 11.9 Å². The van der Waals surface area contributed by atoms with Crippen molar-refractivity contribution in [1.29, 1.82) is 0 Å². The maximum Gasteiger partial charge on any atom is 0.355 e. The molecule has 4 aromatic rings. The van der Waals surface area contributed by atoms with Gasteiger partial charge in [-0.2, -0.15) is 5.10 Å². The summed E-state index contributed by atoms with van der Waals surface area (Å²) in [5, 5.41) is 15.7. The van der Waals surface area contributed by atoms with Crippen LogP contribution in [0.15, 0.2) is 24.3 Å². The van der Waals surface area contributed by atoms with Crippen LogP contribution in [0.4, 0.5) is 0 Å². The minimum absolute atomic E-state index is 0.236. The zero-order valence-corrected chi connectivity index (χ0v) is 24.1. The molecule has 4 rings (SSSR count). The van der Waals surface area contributed by atoms with E-state index in [2.05, 4.69) is 10.1 Å². The van der Waals surface area contributed by atoms with E-state index in [0.29, 0.717) is 52.6 Å². The molecule has 0 saturated carbocycles. The smallest absolute Gasteiger partial charge is 0.355 e. The van der Waals surface area contributed by atoms with Gasteiger partial charge in [0.05, 0.1) is 29.4 Å². The van der Waals surface area contributed by atoms with E-state index >= 15 is 0 Å². The zero-order valence-electron chi connectivity index (χ0n) is 22.6. The Hall–Kier alpha value is -3.49. The number of carboxylic acid groups (broad SMARTS) is 1. The number of fused-ring (bicyclic) bond motifs is 1.